The number of amides is 2. The molecule has 1 atom stereocenters. The molecule has 0 aliphatic rings. The molecule has 92 valence electrons. The fourth-order valence-electron chi connectivity index (χ4n) is 0.982. The minimum absolute atomic E-state index is 0.0729. The molecule has 0 aliphatic heterocycles. The van der Waals surface area contributed by atoms with Crippen molar-refractivity contribution in [1.82, 2.24) is 9.97 Å². The van der Waals surface area contributed by atoms with Crippen LogP contribution in [0.25, 0.3) is 0 Å². The fraction of sp³-hybridized carbons (Fsp3) is 0.250. The third kappa shape index (κ3) is 4.51. The summed E-state index contributed by atoms with van der Waals surface area (Å²) in [5.74, 6) is -1.19. The Bertz CT molecular complexity index is 433. The molecule has 0 bridgehead atoms. The van der Waals surface area contributed by atoms with Crippen molar-refractivity contribution < 1.29 is 9.59 Å². The number of carbonyl (C=O) groups is 2. The van der Waals surface area contributed by atoms with Gasteiger partial charge in [0.05, 0.1) is 12.5 Å². The molecule has 1 heterocycles. The Balaban J connectivity index is 2.70. The topological polar surface area (TPSA) is 124 Å². The Morgan fingerprint density at radius 1 is 1.41 bits per heavy atom. The van der Waals surface area contributed by atoms with Crippen molar-refractivity contribution in [2.45, 2.75) is 12.5 Å². The Morgan fingerprint density at radius 2 is 2.06 bits per heavy atom. The van der Waals surface area contributed by atoms with Gasteiger partial charge in [-0.1, -0.05) is 11.6 Å². The quantitative estimate of drug-likeness (QED) is 0.525. The lowest BCUT2D eigenvalue weighted by Gasteiger charge is -2.09. The van der Waals surface area contributed by atoms with E-state index in [0.717, 1.165) is 0 Å². The zero-order chi connectivity index (χ0) is 13.0. The van der Waals surface area contributed by atoms with Gasteiger partial charge in [0.2, 0.25) is 17.1 Å². The van der Waals surface area contributed by atoms with Gasteiger partial charge < -0.3 is 16.8 Å². The van der Waals surface area contributed by atoms with Crippen molar-refractivity contribution in [2.75, 3.05) is 5.32 Å². The fourth-order valence-corrected chi connectivity index (χ4v) is 1.39. The summed E-state index contributed by atoms with van der Waals surface area (Å²) in [5.41, 5.74) is 10.3. The van der Waals surface area contributed by atoms with Crippen molar-refractivity contribution in [1.29, 1.82) is 0 Å². The van der Waals surface area contributed by atoms with Crippen molar-refractivity contribution in [3.05, 3.63) is 16.5 Å². The smallest absolute Gasteiger partial charge is 0.242 e. The number of primary amides is 1. The summed E-state index contributed by atoms with van der Waals surface area (Å²) >= 11 is 11.1. The van der Waals surface area contributed by atoms with E-state index in [9.17, 15) is 9.59 Å². The largest absolute Gasteiger partial charge is 0.370 e. The minimum Gasteiger partial charge on any atom is -0.370 e. The summed E-state index contributed by atoms with van der Waals surface area (Å²) in [6, 6.07) is 0.238. The second kappa shape index (κ2) is 5.76. The van der Waals surface area contributed by atoms with Gasteiger partial charge >= 0.3 is 0 Å². The molecule has 0 radical (unpaired) electrons. The predicted molar refractivity (Wildman–Crippen MR) is 62.5 cm³/mol. The van der Waals surface area contributed by atoms with Crippen LogP contribution >= 0.6 is 23.2 Å². The zero-order valence-electron chi connectivity index (χ0n) is 8.48. The first kappa shape index (κ1) is 13.6. The van der Waals surface area contributed by atoms with E-state index < -0.39 is 17.9 Å². The molecule has 2 amide bonds. The van der Waals surface area contributed by atoms with Crippen LogP contribution in [0, 0.1) is 0 Å². The lowest BCUT2D eigenvalue weighted by molar-refractivity contribution is -0.123. The van der Waals surface area contributed by atoms with E-state index in [4.69, 9.17) is 34.7 Å². The predicted octanol–water partition coefficient (Wildman–Crippen LogP) is -0.0754. The van der Waals surface area contributed by atoms with Gasteiger partial charge in [0, 0.05) is 6.07 Å². The molecule has 17 heavy (non-hydrogen) atoms. The summed E-state index contributed by atoms with van der Waals surface area (Å²) in [7, 11) is 0. The number of halogens is 2. The Morgan fingerprint density at radius 3 is 2.59 bits per heavy atom. The number of anilines is 1. The molecule has 7 nitrogen and oxygen atoms in total. The van der Waals surface area contributed by atoms with E-state index in [1.165, 1.54) is 6.07 Å². The number of nitrogens with zero attached hydrogens (tertiary/aromatic N) is 2. The van der Waals surface area contributed by atoms with Gasteiger partial charge in [-0.25, -0.2) is 9.97 Å². The highest BCUT2D eigenvalue weighted by atomic mass is 35.5. The average molecular weight is 278 g/mol. The van der Waals surface area contributed by atoms with Crippen molar-refractivity contribution >= 4 is 40.8 Å². The van der Waals surface area contributed by atoms with E-state index in [-0.39, 0.29) is 22.7 Å². The highest BCUT2D eigenvalue weighted by molar-refractivity contribution is 6.32. The number of aromatic nitrogens is 2. The van der Waals surface area contributed by atoms with E-state index in [2.05, 4.69) is 15.3 Å². The molecular weight excluding hydrogens is 269 g/mol. The van der Waals surface area contributed by atoms with Crippen LogP contribution in [-0.4, -0.2) is 27.8 Å². The van der Waals surface area contributed by atoms with Gasteiger partial charge in [-0.05, 0) is 11.6 Å². The molecule has 0 aromatic carbocycles. The van der Waals surface area contributed by atoms with Crippen LogP contribution in [0.1, 0.15) is 6.42 Å². The van der Waals surface area contributed by atoms with Crippen LogP contribution in [-0.2, 0) is 9.59 Å². The second-order valence-electron chi connectivity index (χ2n) is 3.11. The van der Waals surface area contributed by atoms with Gasteiger partial charge in [0.25, 0.3) is 0 Å². The highest BCUT2D eigenvalue weighted by Gasteiger charge is 2.17. The maximum absolute atomic E-state index is 11.5. The summed E-state index contributed by atoms with van der Waals surface area (Å²) < 4.78 is 0. The summed E-state index contributed by atoms with van der Waals surface area (Å²) in [6.45, 7) is 0. The number of nitrogens with two attached hydrogens (primary N) is 2. The van der Waals surface area contributed by atoms with Crippen molar-refractivity contribution in [3.63, 3.8) is 0 Å². The molecule has 5 N–H and O–H groups in total. The molecule has 1 aromatic heterocycles. The van der Waals surface area contributed by atoms with Crippen LogP contribution in [0.3, 0.4) is 0 Å². The first-order valence-corrected chi connectivity index (χ1v) is 5.19. The van der Waals surface area contributed by atoms with Crippen LogP contribution in [0.2, 0.25) is 10.4 Å². The molecule has 0 spiro atoms. The van der Waals surface area contributed by atoms with E-state index >= 15 is 0 Å². The SMILES string of the molecule is NC(=O)CC(N)C(=O)Nc1cc(Cl)nc(Cl)n1. The van der Waals surface area contributed by atoms with Gasteiger partial charge in [0.1, 0.15) is 11.0 Å². The van der Waals surface area contributed by atoms with Crippen molar-refractivity contribution in [3.8, 4) is 0 Å². The summed E-state index contributed by atoms with van der Waals surface area (Å²) in [6.07, 6.45) is -0.265. The van der Waals surface area contributed by atoms with Gasteiger partial charge in [-0.2, -0.15) is 0 Å². The number of carbonyl (C=O) groups excluding carboxylic acids is 2. The maximum Gasteiger partial charge on any atom is 0.242 e. The Labute approximate surface area is 106 Å². The maximum atomic E-state index is 11.5. The van der Waals surface area contributed by atoms with Crippen LogP contribution in [0.15, 0.2) is 6.07 Å². The van der Waals surface area contributed by atoms with E-state index in [1.807, 2.05) is 0 Å². The number of nitrogens with one attached hydrogen (secondary N) is 1. The summed E-state index contributed by atoms with van der Waals surface area (Å²) in [4.78, 5) is 29.3. The lowest BCUT2D eigenvalue weighted by atomic mass is 10.2. The molecule has 0 aliphatic carbocycles. The average Bonchev–Trinajstić information content (AvgIpc) is 2.14. The lowest BCUT2D eigenvalue weighted by Crippen LogP contribution is -2.39. The van der Waals surface area contributed by atoms with Crippen LogP contribution in [0.5, 0.6) is 0 Å². The normalized spacial score (nSPS) is 11.9. The second-order valence-corrected chi connectivity index (χ2v) is 3.84. The summed E-state index contributed by atoms with van der Waals surface area (Å²) in [5, 5.41) is 2.30. The standard InChI is InChI=1S/C8H9Cl2N5O2/c9-4-2-6(15-8(10)13-4)14-7(17)3(11)1-5(12)16/h2-3H,1,11H2,(H2,12,16)(H,13,14,15,17). The van der Waals surface area contributed by atoms with Crippen LogP contribution in [0.4, 0.5) is 5.82 Å². The molecule has 1 unspecified atom stereocenters. The minimum atomic E-state index is -1.06. The Hall–Kier alpha value is -1.44. The highest BCUT2D eigenvalue weighted by Crippen LogP contribution is 2.14. The van der Waals surface area contributed by atoms with Crippen LogP contribution < -0.4 is 16.8 Å². The molecule has 1 rings (SSSR count). The number of rotatable bonds is 4. The molecule has 1 aromatic rings. The number of hydrogen-bond acceptors (Lipinski definition) is 5. The van der Waals surface area contributed by atoms with Gasteiger partial charge in [-0.3, -0.25) is 9.59 Å². The third-order valence-electron chi connectivity index (χ3n) is 1.68. The Kier molecular flexibility index (Phi) is 4.62. The zero-order valence-corrected chi connectivity index (χ0v) is 10.00. The van der Waals surface area contributed by atoms with Gasteiger partial charge in [0.15, 0.2) is 0 Å². The van der Waals surface area contributed by atoms with Crippen molar-refractivity contribution in [2.24, 2.45) is 11.5 Å². The number of hydrogen-bond donors (Lipinski definition) is 3. The monoisotopic (exact) mass is 277 g/mol. The first-order valence-electron chi connectivity index (χ1n) is 4.43. The molecule has 0 fully saturated rings. The van der Waals surface area contributed by atoms with E-state index in [1.54, 1.807) is 0 Å². The van der Waals surface area contributed by atoms with Gasteiger partial charge in [-0.15, -0.1) is 0 Å². The van der Waals surface area contributed by atoms with E-state index in [0.29, 0.717) is 0 Å². The third-order valence-corrected chi connectivity index (χ3v) is 2.04. The molecular formula is C8H9Cl2N5O2. The molecule has 0 saturated heterocycles. The molecule has 9 heteroatoms. The first-order chi connectivity index (χ1) is 7.88. The molecule has 0 saturated carbocycles.